The average molecular weight is 237 g/mol. The van der Waals surface area contributed by atoms with Crippen molar-refractivity contribution in [2.75, 3.05) is 32.7 Å². The lowest BCUT2D eigenvalue weighted by Gasteiger charge is -2.44. The van der Waals surface area contributed by atoms with Crippen molar-refractivity contribution in [3.8, 4) is 0 Å². The van der Waals surface area contributed by atoms with E-state index in [9.17, 15) is 4.79 Å². The van der Waals surface area contributed by atoms with E-state index in [2.05, 4.69) is 15.5 Å². The topological polar surface area (TPSA) is 44.4 Å². The summed E-state index contributed by atoms with van der Waals surface area (Å²) in [6, 6.07) is 0.410. The van der Waals surface area contributed by atoms with Crippen LogP contribution in [0.4, 0.5) is 0 Å². The van der Waals surface area contributed by atoms with Gasteiger partial charge in [0.25, 0.3) is 0 Å². The summed E-state index contributed by atoms with van der Waals surface area (Å²) in [6.45, 7) is 5.06. The number of amides is 1. The van der Waals surface area contributed by atoms with Crippen molar-refractivity contribution < 1.29 is 4.79 Å². The molecule has 2 bridgehead atoms. The van der Waals surface area contributed by atoms with Gasteiger partial charge in [0.05, 0.1) is 6.54 Å². The van der Waals surface area contributed by atoms with Crippen LogP contribution in [0.5, 0.6) is 0 Å². The highest BCUT2D eigenvalue weighted by Gasteiger charge is 2.34. The Hall–Kier alpha value is -0.610. The first-order chi connectivity index (χ1) is 8.31. The van der Waals surface area contributed by atoms with Crippen LogP contribution in [0.15, 0.2) is 0 Å². The molecule has 3 saturated heterocycles. The van der Waals surface area contributed by atoms with Crippen LogP contribution in [0.2, 0.25) is 0 Å². The third-order valence-corrected chi connectivity index (χ3v) is 4.42. The molecule has 4 fully saturated rings. The summed E-state index contributed by atoms with van der Waals surface area (Å²) >= 11 is 0. The number of rotatable bonds is 5. The maximum absolute atomic E-state index is 11.8. The summed E-state index contributed by atoms with van der Waals surface area (Å²) in [7, 11) is 0. The quantitative estimate of drug-likeness (QED) is 0.718. The molecule has 0 radical (unpaired) electrons. The number of carbonyl (C=O) groups excluding carboxylic acids is 1. The minimum Gasteiger partial charge on any atom is -0.351 e. The Kier molecular flexibility index (Phi) is 3.34. The maximum Gasteiger partial charge on any atom is 0.234 e. The number of carbonyl (C=O) groups is 1. The number of hydrogen-bond acceptors (Lipinski definition) is 3. The Morgan fingerprint density at radius 1 is 1.18 bits per heavy atom. The minimum atomic E-state index is 0.185. The second-order valence-electron chi connectivity index (χ2n) is 5.89. The first kappa shape index (κ1) is 11.5. The van der Waals surface area contributed by atoms with Crippen molar-refractivity contribution in [2.45, 2.75) is 31.7 Å². The zero-order chi connectivity index (χ0) is 11.7. The first-order valence-electron chi connectivity index (χ1n) is 7.03. The van der Waals surface area contributed by atoms with Gasteiger partial charge in [0, 0.05) is 12.6 Å². The molecule has 3 heterocycles. The summed E-state index contributed by atoms with van der Waals surface area (Å²) in [5, 5.41) is 6.46. The highest BCUT2D eigenvalue weighted by Crippen LogP contribution is 2.28. The van der Waals surface area contributed by atoms with Crippen LogP contribution in [0.25, 0.3) is 0 Å². The van der Waals surface area contributed by atoms with Crippen molar-refractivity contribution in [3.05, 3.63) is 0 Å². The Labute approximate surface area is 103 Å². The zero-order valence-corrected chi connectivity index (χ0v) is 10.5. The molecule has 1 aliphatic carbocycles. The Balaban J connectivity index is 1.38. The molecule has 3 aliphatic heterocycles. The van der Waals surface area contributed by atoms with Gasteiger partial charge in [0.15, 0.2) is 0 Å². The monoisotopic (exact) mass is 237 g/mol. The van der Waals surface area contributed by atoms with Crippen LogP contribution >= 0.6 is 0 Å². The number of fused-ring (bicyclic) bond motifs is 3. The summed E-state index contributed by atoms with van der Waals surface area (Å²) in [5.74, 6) is 1.76. The van der Waals surface area contributed by atoms with Gasteiger partial charge >= 0.3 is 0 Å². The summed E-state index contributed by atoms with van der Waals surface area (Å²) in [4.78, 5) is 14.3. The van der Waals surface area contributed by atoms with Gasteiger partial charge in [-0.3, -0.25) is 4.79 Å². The molecule has 4 rings (SSSR count). The van der Waals surface area contributed by atoms with Gasteiger partial charge in [0.2, 0.25) is 5.91 Å². The van der Waals surface area contributed by atoms with E-state index in [1.807, 2.05) is 0 Å². The number of piperidine rings is 3. The summed E-state index contributed by atoms with van der Waals surface area (Å²) in [6.07, 6.45) is 5.21. The fourth-order valence-corrected chi connectivity index (χ4v) is 3.10. The SMILES string of the molecule is O=C(CNCC1CC1)NC1CN2CCC1CC2. The van der Waals surface area contributed by atoms with Crippen LogP contribution in [-0.2, 0) is 4.79 Å². The maximum atomic E-state index is 11.8. The van der Waals surface area contributed by atoms with Crippen molar-refractivity contribution in [2.24, 2.45) is 11.8 Å². The molecular formula is C13H23N3O. The molecule has 1 saturated carbocycles. The minimum absolute atomic E-state index is 0.185. The molecule has 2 N–H and O–H groups in total. The molecule has 4 heteroatoms. The molecule has 0 aromatic carbocycles. The van der Waals surface area contributed by atoms with Crippen LogP contribution < -0.4 is 10.6 Å². The molecule has 0 spiro atoms. The molecule has 96 valence electrons. The normalized spacial score (nSPS) is 35.9. The average Bonchev–Trinajstić information content (AvgIpc) is 3.14. The number of hydrogen-bond donors (Lipinski definition) is 2. The molecule has 1 atom stereocenters. The number of nitrogens with zero attached hydrogens (tertiary/aromatic N) is 1. The summed E-state index contributed by atoms with van der Waals surface area (Å²) < 4.78 is 0. The van der Waals surface area contributed by atoms with E-state index in [-0.39, 0.29) is 5.91 Å². The standard InChI is InChI=1S/C13H23N3O/c17-13(8-14-7-10-1-2-10)15-12-9-16-5-3-11(12)4-6-16/h10-12,14H,1-9H2,(H,15,17). The van der Waals surface area contributed by atoms with Gasteiger partial charge in [-0.05, 0) is 57.2 Å². The van der Waals surface area contributed by atoms with Crippen LogP contribution in [-0.4, -0.2) is 49.6 Å². The Bertz CT molecular complexity index is 282. The van der Waals surface area contributed by atoms with Gasteiger partial charge < -0.3 is 15.5 Å². The van der Waals surface area contributed by atoms with Crippen LogP contribution in [0.3, 0.4) is 0 Å². The van der Waals surface area contributed by atoms with Crippen molar-refractivity contribution in [1.82, 2.24) is 15.5 Å². The van der Waals surface area contributed by atoms with Gasteiger partial charge in [-0.2, -0.15) is 0 Å². The largest absolute Gasteiger partial charge is 0.351 e. The molecule has 4 nitrogen and oxygen atoms in total. The van der Waals surface area contributed by atoms with E-state index in [1.165, 1.54) is 38.8 Å². The predicted molar refractivity (Wildman–Crippen MR) is 66.7 cm³/mol. The fraction of sp³-hybridized carbons (Fsp3) is 0.923. The summed E-state index contributed by atoms with van der Waals surface area (Å²) in [5.41, 5.74) is 0. The molecule has 4 aliphatic rings. The lowest BCUT2D eigenvalue weighted by Crippen LogP contribution is -2.58. The van der Waals surface area contributed by atoms with E-state index in [0.29, 0.717) is 12.6 Å². The van der Waals surface area contributed by atoms with Crippen molar-refractivity contribution in [3.63, 3.8) is 0 Å². The molecule has 0 aromatic rings. The highest BCUT2D eigenvalue weighted by atomic mass is 16.2. The van der Waals surface area contributed by atoms with E-state index < -0.39 is 0 Å². The lowest BCUT2D eigenvalue weighted by molar-refractivity contribution is -0.122. The molecule has 1 unspecified atom stereocenters. The smallest absolute Gasteiger partial charge is 0.234 e. The van der Waals surface area contributed by atoms with E-state index in [1.54, 1.807) is 0 Å². The molecule has 17 heavy (non-hydrogen) atoms. The second-order valence-corrected chi connectivity index (χ2v) is 5.89. The third kappa shape index (κ3) is 2.99. The van der Waals surface area contributed by atoms with E-state index in [4.69, 9.17) is 0 Å². The van der Waals surface area contributed by atoms with Gasteiger partial charge in [0.1, 0.15) is 0 Å². The van der Waals surface area contributed by atoms with E-state index in [0.717, 1.165) is 24.9 Å². The number of nitrogens with one attached hydrogen (secondary N) is 2. The van der Waals surface area contributed by atoms with Crippen LogP contribution in [0, 0.1) is 11.8 Å². The predicted octanol–water partition coefficient (Wildman–Crippen LogP) is 0.196. The lowest BCUT2D eigenvalue weighted by atomic mass is 9.84. The molecule has 1 amide bonds. The van der Waals surface area contributed by atoms with Gasteiger partial charge in [-0.25, -0.2) is 0 Å². The van der Waals surface area contributed by atoms with Crippen molar-refractivity contribution in [1.29, 1.82) is 0 Å². The third-order valence-electron chi connectivity index (χ3n) is 4.42. The zero-order valence-electron chi connectivity index (χ0n) is 10.5. The van der Waals surface area contributed by atoms with Crippen LogP contribution in [0.1, 0.15) is 25.7 Å². The van der Waals surface area contributed by atoms with E-state index >= 15 is 0 Å². The second kappa shape index (κ2) is 4.94. The van der Waals surface area contributed by atoms with Gasteiger partial charge in [-0.15, -0.1) is 0 Å². The Morgan fingerprint density at radius 3 is 2.53 bits per heavy atom. The Morgan fingerprint density at radius 2 is 1.94 bits per heavy atom. The first-order valence-corrected chi connectivity index (χ1v) is 7.03. The van der Waals surface area contributed by atoms with Crippen molar-refractivity contribution >= 4 is 5.91 Å². The fourth-order valence-electron chi connectivity index (χ4n) is 3.10. The highest BCUT2D eigenvalue weighted by molar-refractivity contribution is 5.78. The molecule has 0 aromatic heterocycles. The van der Waals surface area contributed by atoms with Gasteiger partial charge in [-0.1, -0.05) is 0 Å². The molecular weight excluding hydrogens is 214 g/mol.